The van der Waals surface area contributed by atoms with Crippen LogP contribution in [0, 0.1) is 0 Å². The third-order valence-corrected chi connectivity index (χ3v) is 2.83. The van der Waals surface area contributed by atoms with E-state index >= 15 is 0 Å². The maximum Gasteiger partial charge on any atom is 0.251 e. The van der Waals surface area contributed by atoms with Crippen molar-refractivity contribution in [3.05, 3.63) is 27.9 Å². The third kappa shape index (κ3) is 2.32. The summed E-state index contributed by atoms with van der Waals surface area (Å²) in [5.41, 5.74) is 0.296. The Morgan fingerprint density at radius 1 is 1.56 bits per heavy atom. The van der Waals surface area contributed by atoms with Crippen LogP contribution in [0.4, 0.5) is 0 Å². The SMILES string of the molecule is CCOC(C)(C)c1nc(C2CC2)cc(=O)[nH]1. The smallest absolute Gasteiger partial charge is 0.251 e. The summed E-state index contributed by atoms with van der Waals surface area (Å²) < 4.78 is 5.59. The van der Waals surface area contributed by atoms with Crippen molar-refractivity contribution in [2.75, 3.05) is 6.61 Å². The van der Waals surface area contributed by atoms with Crippen molar-refractivity contribution in [1.82, 2.24) is 9.97 Å². The van der Waals surface area contributed by atoms with E-state index < -0.39 is 5.60 Å². The average molecular weight is 222 g/mol. The highest BCUT2D eigenvalue weighted by atomic mass is 16.5. The summed E-state index contributed by atoms with van der Waals surface area (Å²) in [4.78, 5) is 18.8. The molecule has 0 amide bonds. The third-order valence-electron chi connectivity index (χ3n) is 2.83. The van der Waals surface area contributed by atoms with Gasteiger partial charge in [-0.25, -0.2) is 4.98 Å². The lowest BCUT2D eigenvalue weighted by atomic mass is 10.1. The minimum Gasteiger partial charge on any atom is -0.368 e. The summed E-state index contributed by atoms with van der Waals surface area (Å²) in [5, 5.41) is 0. The molecule has 1 aromatic heterocycles. The Balaban J connectivity index is 2.36. The van der Waals surface area contributed by atoms with E-state index in [1.807, 2.05) is 20.8 Å². The van der Waals surface area contributed by atoms with Crippen LogP contribution in [0.2, 0.25) is 0 Å². The Labute approximate surface area is 95.1 Å². The first-order valence-electron chi connectivity index (χ1n) is 5.78. The minimum absolute atomic E-state index is 0.0836. The van der Waals surface area contributed by atoms with Gasteiger partial charge < -0.3 is 9.72 Å². The van der Waals surface area contributed by atoms with E-state index in [0.717, 1.165) is 18.5 Å². The summed E-state index contributed by atoms with van der Waals surface area (Å²) >= 11 is 0. The second-order valence-corrected chi connectivity index (χ2v) is 4.74. The van der Waals surface area contributed by atoms with Gasteiger partial charge in [-0.1, -0.05) is 0 Å². The van der Waals surface area contributed by atoms with Gasteiger partial charge in [0.1, 0.15) is 11.4 Å². The molecule has 1 heterocycles. The number of rotatable bonds is 4. The predicted octanol–water partition coefficient (Wildman–Crippen LogP) is 1.92. The van der Waals surface area contributed by atoms with Gasteiger partial charge in [-0.05, 0) is 33.6 Å². The standard InChI is InChI=1S/C12H18N2O2/c1-4-16-12(2,3)11-13-9(8-5-6-8)7-10(15)14-11/h7-8H,4-6H2,1-3H3,(H,13,14,15). The van der Waals surface area contributed by atoms with Crippen molar-refractivity contribution in [3.63, 3.8) is 0 Å². The summed E-state index contributed by atoms with van der Waals surface area (Å²) in [6.07, 6.45) is 2.29. The van der Waals surface area contributed by atoms with E-state index in [4.69, 9.17) is 4.74 Å². The molecule has 16 heavy (non-hydrogen) atoms. The molecule has 0 aromatic carbocycles. The zero-order chi connectivity index (χ0) is 11.8. The number of nitrogens with zero attached hydrogens (tertiary/aromatic N) is 1. The Morgan fingerprint density at radius 3 is 2.81 bits per heavy atom. The van der Waals surface area contributed by atoms with Crippen LogP contribution >= 0.6 is 0 Å². The highest BCUT2D eigenvalue weighted by Gasteiger charge is 2.29. The summed E-state index contributed by atoms with van der Waals surface area (Å²) in [6, 6.07) is 1.60. The molecule has 1 aliphatic rings. The molecule has 88 valence electrons. The van der Waals surface area contributed by atoms with Crippen molar-refractivity contribution in [2.45, 2.75) is 45.1 Å². The van der Waals surface area contributed by atoms with Crippen molar-refractivity contribution in [1.29, 1.82) is 0 Å². The first kappa shape index (κ1) is 11.3. The molecule has 0 aliphatic heterocycles. The minimum atomic E-state index is -0.529. The molecule has 0 radical (unpaired) electrons. The average Bonchev–Trinajstić information content (AvgIpc) is 2.99. The van der Waals surface area contributed by atoms with Crippen molar-refractivity contribution >= 4 is 0 Å². The number of nitrogens with one attached hydrogen (secondary N) is 1. The number of aromatic amines is 1. The molecule has 1 N–H and O–H groups in total. The fraction of sp³-hybridized carbons (Fsp3) is 0.667. The summed E-state index contributed by atoms with van der Waals surface area (Å²) in [7, 11) is 0. The van der Waals surface area contributed by atoms with Crippen LogP contribution in [0.3, 0.4) is 0 Å². The van der Waals surface area contributed by atoms with Gasteiger partial charge in [-0.15, -0.1) is 0 Å². The molecule has 0 atom stereocenters. The molecule has 1 aromatic rings. The molecule has 0 unspecified atom stereocenters. The van der Waals surface area contributed by atoms with Crippen molar-refractivity contribution in [2.24, 2.45) is 0 Å². The van der Waals surface area contributed by atoms with Gasteiger partial charge in [0.05, 0.1) is 5.69 Å². The molecule has 1 aliphatic carbocycles. The zero-order valence-corrected chi connectivity index (χ0v) is 10.0. The number of aromatic nitrogens is 2. The van der Waals surface area contributed by atoms with E-state index in [0.29, 0.717) is 18.3 Å². The largest absolute Gasteiger partial charge is 0.368 e. The molecule has 4 nitrogen and oxygen atoms in total. The molecule has 0 saturated heterocycles. The van der Waals surface area contributed by atoms with Crippen LogP contribution in [0.25, 0.3) is 0 Å². The lowest BCUT2D eigenvalue weighted by Gasteiger charge is -2.23. The molecule has 1 saturated carbocycles. The number of hydrogen-bond acceptors (Lipinski definition) is 3. The molecule has 0 spiro atoms. The number of ether oxygens (including phenoxy) is 1. The normalized spacial score (nSPS) is 16.4. The second-order valence-electron chi connectivity index (χ2n) is 4.74. The molecule has 2 rings (SSSR count). The van der Waals surface area contributed by atoms with Crippen LogP contribution in [0.5, 0.6) is 0 Å². The fourth-order valence-corrected chi connectivity index (χ4v) is 1.78. The maximum absolute atomic E-state index is 11.5. The highest BCUT2D eigenvalue weighted by Crippen LogP contribution is 2.38. The lowest BCUT2D eigenvalue weighted by molar-refractivity contribution is -0.0211. The Hall–Kier alpha value is -1.16. The summed E-state index contributed by atoms with van der Waals surface area (Å²) in [5.74, 6) is 1.11. The Bertz CT molecular complexity index is 433. The van der Waals surface area contributed by atoms with Crippen molar-refractivity contribution in [3.8, 4) is 0 Å². The quantitative estimate of drug-likeness (QED) is 0.846. The predicted molar refractivity (Wildman–Crippen MR) is 61.5 cm³/mol. The van der Waals surface area contributed by atoms with Gasteiger partial charge in [0.2, 0.25) is 0 Å². The van der Waals surface area contributed by atoms with Gasteiger partial charge >= 0.3 is 0 Å². The first-order chi connectivity index (χ1) is 7.53. The van der Waals surface area contributed by atoms with Crippen LogP contribution in [-0.2, 0) is 10.3 Å². The van der Waals surface area contributed by atoms with Crippen LogP contribution in [0.1, 0.15) is 51.0 Å². The molecular formula is C12H18N2O2. The van der Waals surface area contributed by atoms with Crippen LogP contribution < -0.4 is 5.56 Å². The van der Waals surface area contributed by atoms with E-state index in [2.05, 4.69) is 9.97 Å². The Kier molecular flexibility index (Phi) is 2.84. The van der Waals surface area contributed by atoms with Crippen LogP contribution in [0.15, 0.2) is 10.9 Å². The van der Waals surface area contributed by atoms with Crippen LogP contribution in [-0.4, -0.2) is 16.6 Å². The molecule has 0 bridgehead atoms. The number of hydrogen-bond donors (Lipinski definition) is 1. The second kappa shape index (κ2) is 4.01. The van der Waals surface area contributed by atoms with Gasteiger partial charge in [0.15, 0.2) is 0 Å². The maximum atomic E-state index is 11.5. The highest BCUT2D eigenvalue weighted by molar-refractivity contribution is 5.15. The van der Waals surface area contributed by atoms with Gasteiger partial charge in [0, 0.05) is 18.6 Å². The van der Waals surface area contributed by atoms with Gasteiger partial charge in [-0.2, -0.15) is 0 Å². The van der Waals surface area contributed by atoms with E-state index in [9.17, 15) is 4.79 Å². The number of H-pyrrole nitrogens is 1. The molecule has 4 heteroatoms. The van der Waals surface area contributed by atoms with E-state index in [1.54, 1.807) is 6.07 Å². The summed E-state index contributed by atoms with van der Waals surface area (Å²) in [6.45, 7) is 6.38. The van der Waals surface area contributed by atoms with E-state index in [1.165, 1.54) is 0 Å². The van der Waals surface area contributed by atoms with Crippen molar-refractivity contribution < 1.29 is 4.74 Å². The fourth-order valence-electron chi connectivity index (χ4n) is 1.78. The van der Waals surface area contributed by atoms with E-state index in [-0.39, 0.29) is 5.56 Å². The van der Waals surface area contributed by atoms with Gasteiger partial charge in [-0.3, -0.25) is 4.79 Å². The first-order valence-corrected chi connectivity index (χ1v) is 5.78. The lowest BCUT2D eigenvalue weighted by Crippen LogP contribution is -2.28. The van der Waals surface area contributed by atoms with Gasteiger partial charge in [0.25, 0.3) is 5.56 Å². The Morgan fingerprint density at radius 2 is 2.25 bits per heavy atom. The molecular weight excluding hydrogens is 204 g/mol. The topological polar surface area (TPSA) is 55.0 Å². The monoisotopic (exact) mass is 222 g/mol. The molecule has 1 fully saturated rings. The zero-order valence-electron chi connectivity index (χ0n) is 10.0.